The van der Waals surface area contributed by atoms with E-state index in [9.17, 15) is 14.4 Å². The zero-order valence-electron chi connectivity index (χ0n) is 45.7. The maximum atomic E-state index is 12.2. The average molecular weight is 971 g/mol. The van der Waals surface area contributed by atoms with Gasteiger partial charge in [-0.2, -0.15) is 0 Å². The molecule has 0 spiro atoms. The van der Waals surface area contributed by atoms with Crippen molar-refractivity contribution in [2.45, 2.75) is 252 Å². The molecule has 0 unspecified atom stereocenters. The molecular formula is C60H111N3O6. The molecule has 0 aliphatic carbocycles. The molecule has 0 aromatic carbocycles. The molecule has 1 aliphatic rings. The Labute approximate surface area is 426 Å². The van der Waals surface area contributed by atoms with Crippen LogP contribution >= 0.6 is 0 Å². The first-order valence-electron chi connectivity index (χ1n) is 29.6. The molecule has 1 saturated heterocycles. The smallest absolute Gasteiger partial charge is 0.306 e. The fraction of sp³-hybridized carbons (Fsp3) is 0.850. The summed E-state index contributed by atoms with van der Waals surface area (Å²) in [6, 6.07) is 0. The van der Waals surface area contributed by atoms with Crippen LogP contribution in [0.4, 0.5) is 0 Å². The van der Waals surface area contributed by atoms with Crippen molar-refractivity contribution in [2.75, 3.05) is 78.7 Å². The van der Waals surface area contributed by atoms with Gasteiger partial charge in [-0.25, -0.2) is 0 Å². The summed E-state index contributed by atoms with van der Waals surface area (Å²) in [5.74, 6) is -0.171. The number of hydrogen-bond donors (Lipinski definition) is 0. The van der Waals surface area contributed by atoms with Gasteiger partial charge in [0.1, 0.15) is 19.8 Å². The van der Waals surface area contributed by atoms with Crippen molar-refractivity contribution in [3.63, 3.8) is 0 Å². The molecule has 0 saturated carbocycles. The number of carbonyl (C=O) groups excluding carboxylic acids is 3. The van der Waals surface area contributed by atoms with E-state index in [0.717, 1.165) is 70.9 Å². The quantitative estimate of drug-likeness (QED) is 0.0256. The second-order valence-corrected chi connectivity index (χ2v) is 20.2. The van der Waals surface area contributed by atoms with Gasteiger partial charge in [-0.15, -0.1) is 0 Å². The van der Waals surface area contributed by atoms with Gasteiger partial charge in [0.25, 0.3) is 0 Å². The molecule has 9 heteroatoms. The van der Waals surface area contributed by atoms with E-state index in [-0.39, 0.29) is 17.9 Å². The van der Waals surface area contributed by atoms with Gasteiger partial charge in [0, 0.05) is 58.5 Å². The predicted molar refractivity (Wildman–Crippen MR) is 293 cm³/mol. The molecule has 0 N–H and O–H groups in total. The maximum absolute atomic E-state index is 12.2. The lowest BCUT2D eigenvalue weighted by molar-refractivity contribution is -0.143. The SMILES string of the molecule is CCCCCC/C=C/COC(=O)CCCCCCCCN(CCCCCCCCC(=O)OC/C=C/CCCCCC)CCN1CCN(CCCCCCCCC(=O)OC/C=C/CCCCCC)CC1. The molecule has 0 bridgehead atoms. The summed E-state index contributed by atoms with van der Waals surface area (Å²) in [7, 11) is 0. The molecule has 0 aromatic heterocycles. The summed E-state index contributed by atoms with van der Waals surface area (Å²) in [4.78, 5) is 44.4. The molecule has 1 heterocycles. The van der Waals surface area contributed by atoms with E-state index >= 15 is 0 Å². The number of piperazine rings is 1. The highest BCUT2D eigenvalue weighted by molar-refractivity contribution is 5.70. The van der Waals surface area contributed by atoms with Crippen molar-refractivity contribution < 1.29 is 28.6 Å². The van der Waals surface area contributed by atoms with Gasteiger partial charge in [-0.3, -0.25) is 19.3 Å². The van der Waals surface area contributed by atoms with Crippen LogP contribution in [0.15, 0.2) is 36.5 Å². The third-order valence-corrected chi connectivity index (χ3v) is 13.7. The Morgan fingerprint density at radius 1 is 0.348 bits per heavy atom. The highest BCUT2D eigenvalue weighted by atomic mass is 16.5. The number of hydrogen-bond acceptors (Lipinski definition) is 9. The number of rotatable bonds is 51. The molecule has 1 aliphatic heterocycles. The van der Waals surface area contributed by atoms with E-state index in [0.29, 0.717) is 39.1 Å². The van der Waals surface area contributed by atoms with Gasteiger partial charge < -0.3 is 24.0 Å². The van der Waals surface area contributed by atoms with Gasteiger partial charge in [0.2, 0.25) is 0 Å². The fourth-order valence-corrected chi connectivity index (χ4v) is 9.05. The standard InChI is InChI=1S/C60H111N3O6/c1-4-7-10-13-22-31-40-55-67-58(64)43-34-25-16-19-28-37-46-61(47-38-29-20-17-26-35-44-59(65)68-56-41-32-23-14-11-8-5-2)49-52-63-53-50-62(51-54-63)48-39-30-21-18-27-36-45-60(66)69-57-42-33-24-15-12-9-6-3/h31-33,40-42H,4-30,34-39,43-57H2,1-3H3/b40-31+,41-32+,42-33+. The molecule has 0 atom stereocenters. The minimum atomic E-state index is -0.0585. The van der Waals surface area contributed by atoms with E-state index in [4.69, 9.17) is 14.2 Å². The maximum Gasteiger partial charge on any atom is 0.306 e. The highest BCUT2D eigenvalue weighted by Gasteiger charge is 2.17. The van der Waals surface area contributed by atoms with E-state index < -0.39 is 0 Å². The van der Waals surface area contributed by atoms with Crippen molar-refractivity contribution in [1.82, 2.24) is 14.7 Å². The van der Waals surface area contributed by atoms with E-state index in [1.807, 2.05) is 18.2 Å². The van der Waals surface area contributed by atoms with Gasteiger partial charge in [0.05, 0.1) is 0 Å². The third-order valence-electron chi connectivity index (χ3n) is 13.7. The normalized spacial score (nSPS) is 13.7. The molecule has 402 valence electrons. The summed E-state index contributed by atoms with van der Waals surface area (Å²) in [5.41, 5.74) is 0. The van der Waals surface area contributed by atoms with E-state index in [1.165, 1.54) is 200 Å². The van der Waals surface area contributed by atoms with Gasteiger partial charge in [-0.1, -0.05) is 192 Å². The third kappa shape index (κ3) is 46.3. The first-order chi connectivity index (χ1) is 34.0. The molecule has 0 aromatic rings. The van der Waals surface area contributed by atoms with Crippen LogP contribution in [0.3, 0.4) is 0 Å². The summed E-state index contributed by atoms with van der Waals surface area (Å²) < 4.78 is 16.2. The number of esters is 3. The molecule has 69 heavy (non-hydrogen) atoms. The lowest BCUT2D eigenvalue weighted by Crippen LogP contribution is -2.48. The summed E-state index contributed by atoms with van der Waals surface area (Å²) in [6.07, 6.45) is 53.5. The van der Waals surface area contributed by atoms with Crippen molar-refractivity contribution in [1.29, 1.82) is 0 Å². The van der Waals surface area contributed by atoms with Crippen molar-refractivity contribution in [3.8, 4) is 0 Å². The monoisotopic (exact) mass is 970 g/mol. The van der Waals surface area contributed by atoms with Crippen LogP contribution in [0, 0.1) is 0 Å². The lowest BCUT2D eigenvalue weighted by atomic mass is 10.1. The van der Waals surface area contributed by atoms with Gasteiger partial charge >= 0.3 is 17.9 Å². The Morgan fingerprint density at radius 3 is 1.01 bits per heavy atom. The van der Waals surface area contributed by atoms with Gasteiger partial charge in [-0.05, 0) is 96.7 Å². The first kappa shape index (κ1) is 64.5. The van der Waals surface area contributed by atoms with Gasteiger partial charge in [0.15, 0.2) is 0 Å². The van der Waals surface area contributed by atoms with Crippen LogP contribution in [0.25, 0.3) is 0 Å². The van der Waals surface area contributed by atoms with Crippen LogP contribution in [0.5, 0.6) is 0 Å². The van der Waals surface area contributed by atoms with Crippen molar-refractivity contribution in [3.05, 3.63) is 36.5 Å². The first-order valence-corrected chi connectivity index (χ1v) is 29.6. The minimum absolute atomic E-state index is 0.0537. The number of allylic oxidation sites excluding steroid dienone is 3. The summed E-state index contributed by atoms with van der Waals surface area (Å²) >= 11 is 0. The largest absolute Gasteiger partial charge is 0.461 e. The lowest BCUT2D eigenvalue weighted by Gasteiger charge is -2.36. The summed E-state index contributed by atoms with van der Waals surface area (Å²) in [5, 5.41) is 0. The molecule has 0 amide bonds. The number of ether oxygens (including phenoxy) is 3. The van der Waals surface area contributed by atoms with Crippen LogP contribution in [-0.4, -0.2) is 111 Å². The molecular weight excluding hydrogens is 859 g/mol. The Kier molecular flexibility index (Phi) is 48.5. The van der Waals surface area contributed by atoms with Crippen LogP contribution in [-0.2, 0) is 28.6 Å². The van der Waals surface area contributed by atoms with Crippen LogP contribution < -0.4 is 0 Å². The Bertz CT molecular complexity index is 1180. The van der Waals surface area contributed by atoms with Crippen LogP contribution in [0.1, 0.15) is 252 Å². The fourth-order valence-electron chi connectivity index (χ4n) is 9.05. The second-order valence-electron chi connectivity index (χ2n) is 20.2. The van der Waals surface area contributed by atoms with Crippen LogP contribution in [0.2, 0.25) is 0 Å². The van der Waals surface area contributed by atoms with E-state index in [2.05, 4.69) is 53.7 Å². The Balaban J connectivity index is 2.27. The van der Waals surface area contributed by atoms with E-state index in [1.54, 1.807) is 0 Å². The second kappa shape index (κ2) is 51.9. The molecule has 9 nitrogen and oxygen atoms in total. The van der Waals surface area contributed by atoms with Crippen molar-refractivity contribution in [2.24, 2.45) is 0 Å². The number of carbonyl (C=O) groups is 3. The topological polar surface area (TPSA) is 88.6 Å². The number of nitrogens with zero attached hydrogens (tertiary/aromatic N) is 3. The average Bonchev–Trinajstić information content (AvgIpc) is 3.35. The Hall–Kier alpha value is -2.49. The zero-order valence-corrected chi connectivity index (χ0v) is 45.7. The highest BCUT2D eigenvalue weighted by Crippen LogP contribution is 2.14. The Morgan fingerprint density at radius 2 is 0.652 bits per heavy atom. The summed E-state index contributed by atoms with van der Waals surface area (Å²) in [6.45, 7) is 18.5. The molecule has 1 fully saturated rings. The molecule has 1 rings (SSSR count). The predicted octanol–water partition coefficient (Wildman–Crippen LogP) is 15.3. The zero-order chi connectivity index (χ0) is 49.8. The molecule has 0 radical (unpaired) electrons. The van der Waals surface area contributed by atoms with Crippen molar-refractivity contribution >= 4 is 17.9 Å². The number of unbranched alkanes of at least 4 members (excludes halogenated alkanes) is 27. The minimum Gasteiger partial charge on any atom is -0.461 e.